The lowest BCUT2D eigenvalue weighted by molar-refractivity contribution is -0.135. The average molecular weight is 365 g/mol. The predicted molar refractivity (Wildman–Crippen MR) is 88.1 cm³/mol. The summed E-state index contributed by atoms with van der Waals surface area (Å²) in [7, 11) is -3.21. The third kappa shape index (κ3) is 2.87. The standard InChI is InChI=1S/C16H19N3O5S/c1-25(21,22)19-8-6-18(7-9-19)15(20)16(4-5-16)14-11-13(24-17-14)12-3-2-10-23-12/h2-3,10-11H,4-9H2,1H3. The summed E-state index contributed by atoms with van der Waals surface area (Å²) >= 11 is 0. The number of amides is 1. The van der Waals surface area contributed by atoms with Gasteiger partial charge in [-0.1, -0.05) is 5.16 Å². The lowest BCUT2D eigenvalue weighted by atomic mass is 9.99. The molecule has 0 bridgehead atoms. The van der Waals surface area contributed by atoms with Crippen LogP contribution in [0.3, 0.4) is 0 Å². The fraction of sp³-hybridized carbons (Fsp3) is 0.500. The van der Waals surface area contributed by atoms with Gasteiger partial charge in [0.1, 0.15) is 0 Å². The number of aromatic nitrogens is 1. The fourth-order valence-corrected chi connectivity index (χ4v) is 4.09. The zero-order valence-electron chi connectivity index (χ0n) is 13.8. The minimum absolute atomic E-state index is 0.0000501. The zero-order chi connectivity index (χ0) is 17.7. The molecule has 2 aromatic rings. The molecule has 1 aliphatic carbocycles. The Morgan fingerprint density at radius 3 is 2.48 bits per heavy atom. The molecule has 1 aliphatic heterocycles. The summed E-state index contributed by atoms with van der Waals surface area (Å²) in [6, 6.07) is 5.30. The van der Waals surface area contributed by atoms with Crippen LogP contribution >= 0.6 is 0 Å². The highest BCUT2D eigenvalue weighted by Crippen LogP contribution is 2.50. The molecule has 0 spiro atoms. The summed E-state index contributed by atoms with van der Waals surface area (Å²) in [6.07, 6.45) is 4.19. The number of hydrogen-bond donors (Lipinski definition) is 0. The minimum atomic E-state index is -3.21. The molecule has 25 heavy (non-hydrogen) atoms. The Morgan fingerprint density at radius 2 is 1.92 bits per heavy atom. The Kier molecular flexibility index (Phi) is 3.73. The van der Waals surface area contributed by atoms with Gasteiger partial charge in [-0.25, -0.2) is 8.42 Å². The topological polar surface area (TPSA) is 96.9 Å². The van der Waals surface area contributed by atoms with E-state index in [1.54, 1.807) is 29.4 Å². The molecule has 2 fully saturated rings. The first-order chi connectivity index (χ1) is 11.9. The second kappa shape index (κ2) is 5.70. The number of furan rings is 1. The average Bonchev–Trinajstić information content (AvgIpc) is 3.02. The third-order valence-electron chi connectivity index (χ3n) is 4.92. The van der Waals surface area contributed by atoms with E-state index in [9.17, 15) is 13.2 Å². The second-order valence-electron chi connectivity index (χ2n) is 6.59. The van der Waals surface area contributed by atoms with Gasteiger partial charge in [0.2, 0.25) is 21.7 Å². The van der Waals surface area contributed by atoms with Crippen molar-refractivity contribution in [1.82, 2.24) is 14.4 Å². The van der Waals surface area contributed by atoms with Crippen molar-refractivity contribution in [3.05, 3.63) is 30.2 Å². The number of carbonyl (C=O) groups excluding carboxylic acids is 1. The largest absolute Gasteiger partial charge is 0.461 e. The minimum Gasteiger partial charge on any atom is -0.461 e. The van der Waals surface area contributed by atoms with Crippen LogP contribution in [0.1, 0.15) is 18.5 Å². The van der Waals surface area contributed by atoms with Crippen LogP contribution in [-0.4, -0.2) is 61.1 Å². The van der Waals surface area contributed by atoms with Crippen LogP contribution in [0.25, 0.3) is 11.5 Å². The summed E-state index contributed by atoms with van der Waals surface area (Å²) in [5.74, 6) is 1.07. The molecule has 0 atom stereocenters. The van der Waals surface area contributed by atoms with Crippen LogP contribution in [0.2, 0.25) is 0 Å². The van der Waals surface area contributed by atoms with E-state index in [4.69, 9.17) is 8.94 Å². The Hall–Kier alpha value is -2.13. The lowest BCUT2D eigenvalue weighted by Crippen LogP contribution is -2.52. The van der Waals surface area contributed by atoms with Crippen LogP contribution in [0.5, 0.6) is 0 Å². The van der Waals surface area contributed by atoms with Gasteiger partial charge in [-0.3, -0.25) is 4.79 Å². The molecule has 2 aromatic heterocycles. The van der Waals surface area contributed by atoms with E-state index in [1.165, 1.54) is 10.6 Å². The summed E-state index contributed by atoms with van der Waals surface area (Å²) in [6.45, 7) is 1.46. The highest BCUT2D eigenvalue weighted by atomic mass is 32.2. The predicted octanol–water partition coefficient (Wildman–Crippen LogP) is 1.07. The Morgan fingerprint density at radius 1 is 1.20 bits per heavy atom. The van der Waals surface area contributed by atoms with Crippen LogP contribution < -0.4 is 0 Å². The van der Waals surface area contributed by atoms with Crippen LogP contribution in [-0.2, 0) is 20.2 Å². The van der Waals surface area contributed by atoms with Gasteiger partial charge in [-0.15, -0.1) is 0 Å². The van der Waals surface area contributed by atoms with Crippen molar-refractivity contribution in [2.75, 3.05) is 32.4 Å². The smallest absolute Gasteiger partial charge is 0.235 e. The molecule has 9 heteroatoms. The molecule has 1 saturated heterocycles. The van der Waals surface area contributed by atoms with Gasteiger partial charge in [0.25, 0.3) is 0 Å². The maximum absolute atomic E-state index is 13.0. The second-order valence-corrected chi connectivity index (χ2v) is 8.57. The normalized spacial score (nSPS) is 20.6. The Labute approximate surface area is 145 Å². The van der Waals surface area contributed by atoms with E-state index in [0.29, 0.717) is 43.4 Å². The van der Waals surface area contributed by atoms with E-state index in [1.807, 2.05) is 0 Å². The van der Waals surface area contributed by atoms with Crippen LogP contribution in [0, 0.1) is 0 Å². The molecule has 134 valence electrons. The van der Waals surface area contributed by atoms with Gasteiger partial charge >= 0.3 is 0 Å². The van der Waals surface area contributed by atoms with Crippen LogP contribution in [0.4, 0.5) is 0 Å². The molecular formula is C16H19N3O5S. The molecule has 0 unspecified atom stereocenters. The molecule has 0 aromatic carbocycles. The molecule has 1 saturated carbocycles. The molecule has 0 N–H and O–H groups in total. The fourth-order valence-electron chi connectivity index (χ4n) is 3.27. The SMILES string of the molecule is CS(=O)(=O)N1CCN(C(=O)C2(c3cc(-c4ccco4)on3)CC2)CC1. The molecule has 0 radical (unpaired) electrons. The Bertz CT molecular complexity index is 875. The number of rotatable bonds is 4. The first-order valence-corrected chi connectivity index (χ1v) is 10.0. The van der Waals surface area contributed by atoms with Gasteiger partial charge < -0.3 is 13.8 Å². The highest BCUT2D eigenvalue weighted by Gasteiger charge is 2.55. The number of carbonyl (C=O) groups is 1. The van der Waals surface area contributed by atoms with Gasteiger partial charge in [0.15, 0.2) is 5.76 Å². The molecule has 2 aliphatic rings. The van der Waals surface area contributed by atoms with Crippen molar-refractivity contribution in [2.45, 2.75) is 18.3 Å². The quantitative estimate of drug-likeness (QED) is 0.804. The molecular weight excluding hydrogens is 346 g/mol. The number of sulfonamides is 1. The monoisotopic (exact) mass is 365 g/mol. The maximum atomic E-state index is 13.0. The highest BCUT2D eigenvalue weighted by molar-refractivity contribution is 7.88. The zero-order valence-corrected chi connectivity index (χ0v) is 14.7. The van der Waals surface area contributed by atoms with Gasteiger partial charge in [-0.05, 0) is 25.0 Å². The molecule has 3 heterocycles. The lowest BCUT2D eigenvalue weighted by Gasteiger charge is -2.35. The van der Waals surface area contributed by atoms with E-state index < -0.39 is 15.4 Å². The van der Waals surface area contributed by atoms with E-state index >= 15 is 0 Å². The number of hydrogen-bond acceptors (Lipinski definition) is 6. The van der Waals surface area contributed by atoms with Crippen LogP contribution in [0.15, 0.2) is 33.4 Å². The van der Waals surface area contributed by atoms with Crippen molar-refractivity contribution in [3.63, 3.8) is 0 Å². The van der Waals surface area contributed by atoms with Gasteiger partial charge in [0, 0.05) is 32.2 Å². The van der Waals surface area contributed by atoms with Crippen molar-refractivity contribution in [3.8, 4) is 11.5 Å². The van der Waals surface area contributed by atoms with E-state index in [0.717, 1.165) is 12.8 Å². The molecule has 4 rings (SSSR count). The summed E-state index contributed by atoms with van der Waals surface area (Å²) in [5, 5.41) is 4.09. The third-order valence-corrected chi connectivity index (χ3v) is 6.22. The number of nitrogens with zero attached hydrogens (tertiary/aromatic N) is 3. The van der Waals surface area contributed by atoms with Crippen molar-refractivity contribution in [1.29, 1.82) is 0 Å². The van der Waals surface area contributed by atoms with Crippen molar-refractivity contribution < 1.29 is 22.2 Å². The number of piperazine rings is 1. The summed E-state index contributed by atoms with van der Waals surface area (Å²) in [4.78, 5) is 14.7. The Balaban J connectivity index is 1.49. The first kappa shape index (κ1) is 16.3. The molecule has 8 nitrogen and oxygen atoms in total. The summed E-state index contributed by atoms with van der Waals surface area (Å²) in [5.41, 5.74) is -0.0174. The maximum Gasteiger partial charge on any atom is 0.235 e. The van der Waals surface area contributed by atoms with Gasteiger partial charge in [0.05, 0.1) is 23.6 Å². The van der Waals surface area contributed by atoms with Crippen molar-refractivity contribution in [2.24, 2.45) is 0 Å². The van der Waals surface area contributed by atoms with Gasteiger partial charge in [-0.2, -0.15) is 4.31 Å². The molecule has 1 amide bonds. The summed E-state index contributed by atoms with van der Waals surface area (Å²) < 4.78 is 35.2. The van der Waals surface area contributed by atoms with E-state index in [2.05, 4.69) is 5.16 Å². The first-order valence-electron chi connectivity index (χ1n) is 8.16. The van der Waals surface area contributed by atoms with Crippen molar-refractivity contribution >= 4 is 15.9 Å². The van der Waals surface area contributed by atoms with E-state index in [-0.39, 0.29) is 5.91 Å².